The lowest BCUT2D eigenvalue weighted by Gasteiger charge is -2.10. The smallest absolute Gasteiger partial charge is 0.316 e. The van der Waals surface area contributed by atoms with Crippen molar-refractivity contribution in [2.45, 2.75) is 6.54 Å². The van der Waals surface area contributed by atoms with Gasteiger partial charge >= 0.3 is 6.03 Å². The van der Waals surface area contributed by atoms with Gasteiger partial charge in [0.15, 0.2) is 0 Å². The zero-order chi connectivity index (χ0) is 15.4. The van der Waals surface area contributed by atoms with Crippen LogP contribution in [0.25, 0.3) is 0 Å². The van der Waals surface area contributed by atoms with Gasteiger partial charge in [0.2, 0.25) is 0 Å². The molecular formula is C14H13Cl2N3O2. The van der Waals surface area contributed by atoms with Crippen molar-refractivity contribution in [3.8, 4) is 5.75 Å². The SMILES string of the molecule is NC(=O)Nc1ccc(NCc2cc(Cl)cc(Cl)c2O)cc1. The van der Waals surface area contributed by atoms with Crippen molar-refractivity contribution >= 4 is 40.6 Å². The third kappa shape index (κ3) is 4.18. The molecule has 0 aliphatic carbocycles. The predicted octanol–water partition coefficient (Wildman–Crippen LogP) is 3.80. The van der Waals surface area contributed by atoms with Gasteiger partial charge in [-0.15, -0.1) is 0 Å². The molecule has 0 saturated heterocycles. The lowest BCUT2D eigenvalue weighted by molar-refractivity contribution is 0.259. The molecule has 0 bridgehead atoms. The number of halogens is 2. The van der Waals surface area contributed by atoms with E-state index in [1.54, 1.807) is 30.3 Å². The number of rotatable bonds is 4. The van der Waals surface area contributed by atoms with Crippen LogP contribution in [0.2, 0.25) is 10.0 Å². The molecular weight excluding hydrogens is 313 g/mol. The van der Waals surface area contributed by atoms with Gasteiger partial charge in [0.05, 0.1) is 5.02 Å². The lowest BCUT2D eigenvalue weighted by atomic mass is 10.2. The van der Waals surface area contributed by atoms with Gasteiger partial charge in [0.25, 0.3) is 0 Å². The first kappa shape index (κ1) is 15.3. The van der Waals surface area contributed by atoms with Gasteiger partial charge in [0, 0.05) is 28.5 Å². The third-order valence-corrected chi connectivity index (χ3v) is 3.25. The molecule has 2 aromatic carbocycles. The van der Waals surface area contributed by atoms with Crippen molar-refractivity contribution in [1.29, 1.82) is 0 Å². The van der Waals surface area contributed by atoms with Gasteiger partial charge in [0.1, 0.15) is 5.75 Å². The fourth-order valence-electron chi connectivity index (χ4n) is 1.76. The van der Waals surface area contributed by atoms with Crippen molar-refractivity contribution in [1.82, 2.24) is 0 Å². The fourth-order valence-corrected chi connectivity index (χ4v) is 2.30. The Kier molecular flexibility index (Phi) is 4.77. The molecule has 5 N–H and O–H groups in total. The second kappa shape index (κ2) is 6.56. The maximum atomic E-state index is 10.7. The predicted molar refractivity (Wildman–Crippen MR) is 85.1 cm³/mol. The summed E-state index contributed by atoms with van der Waals surface area (Å²) in [6.07, 6.45) is 0. The van der Waals surface area contributed by atoms with Crippen molar-refractivity contribution < 1.29 is 9.90 Å². The molecule has 0 aliphatic rings. The minimum Gasteiger partial charge on any atom is -0.506 e. The molecule has 0 fully saturated rings. The minimum atomic E-state index is -0.616. The summed E-state index contributed by atoms with van der Waals surface area (Å²) >= 11 is 11.8. The normalized spacial score (nSPS) is 10.2. The first-order chi connectivity index (χ1) is 9.95. The zero-order valence-corrected chi connectivity index (χ0v) is 12.4. The Balaban J connectivity index is 2.05. The quantitative estimate of drug-likeness (QED) is 0.689. The summed E-state index contributed by atoms with van der Waals surface area (Å²) in [6, 6.07) is 9.46. The van der Waals surface area contributed by atoms with Crippen LogP contribution in [-0.2, 0) is 6.54 Å². The van der Waals surface area contributed by atoms with Crippen LogP contribution in [-0.4, -0.2) is 11.1 Å². The van der Waals surface area contributed by atoms with Gasteiger partial charge in [-0.1, -0.05) is 23.2 Å². The van der Waals surface area contributed by atoms with Crippen LogP contribution in [0.1, 0.15) is 5.56 Å². The van der Waals surface area contributed by atoms with E-state index in [9.17, 15) is 9.90 Å². The molecule has 0 spiro atoms. The molecule has 0 atom stereocenters. The molecule has 2 amide bonds. The van der Waals surface area contributed by atoms with E-state index in [1.807, 2.05) is 0 Å². The molecule has 2 rings (SSSR count). The Labute approximate surface area is 131 Å². The molecule has 2 aromatic rings. The van der Waals surface area contributed by atoms with E-state index < -0.39 is 6.03 Å². The summed E-state index contributed by atoms with van der Waals surface area (Å²) < 4.78 is 0. The Bertz CT molecular complexity index is 660. The number of phenols is 1. The number of aromatic hydroxyl groups is 1. The third-order valence-electron chi connectivity index (χ3n) is 2.74. The van der Waals surface area contributed by atoms with Crippen molar-refractivity contribution in [3.05, 3.63) is 52.0 Å². The first-order valence-electron chi connectivity index (χ1n) is 6.03. The molecule has 5 nitrogen and oxygen atoms in total. The van der Waals surface area contributed by atoms with Gasteiger partial charge in [-0.05, 0) is 36.4 Å². The van der Waals surface area contributed by atoms with E-state index in [-0.39, 0.29) is 10.8 Å². The highest BCUT2D eigenvalue weighted by Gasteiger charge is 2.07. The average Bonchev–Trinajstić information content (AvgIpc) is 2.42. The highest BCUT2D eigenvalue weighted by molar-refractivity contribution is 6.35. The summed E-state index contributed by atoms with van der Waals surface area (Å²) in [5.74, 6) is 0.000539. The van der Waals surface area contributed by atoms with Crippen LogP contribution in [0.5, 0.6) is 5.75 Å². The topological polar surface area (TPSA) is 87.4 Å². The van der Waals surface area contributed by atoms with E-state index in [2.05, 4.69) is 10.6 Å². The number of phenolic OH excluding ortho intramolecular Hbond substituents is 1. The maximum absolute atomic E-state index is 10.7. The van der Waals surface area contributed by atoms with Crippen LogP contribution in [0, 0.1) is 0 Å². The molecule has 0 unspecified atom stereocenters. The Morgan fingerprint density at radius 2 is 1.76 bits per heavy atom. The Morgan fingerprint density at radius 1 is 1.14 bits per heavy atom. The second-order valence-corrected chi connectivity index (χ2v) is 5.16. The number of anilines is 2. The van der Waals surface area contributed by atoms with E-state index in [0.29, 0.717) is 22.8 Å². The van der Waals surface area contributed by atoms with E-state index >= 15 is 0 Å². The number of hydrogen-bond acceptors (Lipinski definition) is 3. The standard InChI is InChI=1S/C14H13Cl2N3O2/c15-9-5-8(13(20)12(16)6-9)7-18-10-1-3-11(4-2-10)19-14(17)21/h1-6,18,20H,7H2,(H3,17,19,21). The maximum Gasteiger partial charge on any atom is 0.316 e. The van der Waals surface area contributed by atoms with E-state index in [1.165, 1.54) is 6.07 Å². The zero-order valence-electron chi connectivity index (χ0n) is 10.9. The molecule has 7 heteroatoms. The largest absolute Gasteiger partial charge is 0.506 e. The van der Waals surface area contributed by atoms with Gasteiger partial charge in [-0.25, -0.2) is 4.79 Å². The Hall–Kier alpha value is -2.11. The van der Waals surface area contributed by atoms with Gasteiger partial charge < -0.3 is 21.5 Å². The number of nitrogens with one attached hydrogen (secondary N) is 2. The molecule has 110 valence electrons. The molecule has 0 aliphatic heterocycles. The summed E-state index contributed by atoms with van der Waals surface area (Å²) in [7, 11) is 0. The molecule has 0 heterocycles. The van der Waals surface area contributed by atoms with Crippen LogP contribution in [0.3, 0.4) is 0 Å². The number of carbonyl (C=O) groups is 1. The number of hydrogen-bond donors (Lipinski definition) is 4. The number of carbonyl (C=O) groups excluding carboxylic acids is 1. The summed E-state index contributed by atoms with van der Waals surface area (Å²) in [5.41, 5.74) is 7.02. The van der Waals surface area contributed by atoms with Crippen molar-refractivity contribution in [2.75, 3.05) is 10.6 Å². The highest BCUT2D eigenvalue weighted by atomic mass is 35.5. The van der Waals surface area contributed by atoms with Gasteiger partial charge in [-0.3, -0.25) is 0 Å². The molecule has 0 radical (unpaired) electrons. The summed E-state index contributed by atoms with van der Waals surface area (Å²) in [5, 5.41) is 16.1. The fraction of sp³-hybridized carbons (Fsp3) is 0.0714. The van der Waals surface area contributed by atoms with Crippen molar-refractivity contribution in [2.24, 2.45) is 5.73 Å². The first-order valence-corrected chi connectivity index (χ1v) is 6.78. The second-order valence-electron chi connectivity index (χ2n) is 4.32. The van der Waals surface area contributed by atoms with Gasteiger partial charge in [-0.2, -0.15) is 0 Å². The van der Waals surface area contributed by atoms with Crippen LogP contribution >= 0.6 is 23.2 Å². The van der Waals surface area contributed by atoms with E-state index in [4.69, 9.17) is 28.9 Å². The minimum absolute atomic E-state index is 0.000539. The van der Waals surface area contributed by atoms with Crippen molar-refractivity contribution in [3.63, 3.8) is 0 Å². The van der Waals surface area contributed by atoms with E-state index in [0.717, 1.165) is 5.69 Å². The lowest BCUT2D eigenvalue weighted by Crippen LogP contribution is -2.19. The summed E-state index contributed by atoms with van der Waals surface area (Å²) in [6.45, 7) is 0.356. The Morgan fingerprint density at radius 3 is 2.38 bits per heavy atom. The van der Waals surface area contributed by atoms with Crippen LogP contribution < -0.4 is 16.4 Å². The number of amides is 2. The molecule has 21 heavy (non-hydrogen) atoms. The molecule has 0 saturated carbocycles. The molecule has 0 aromatic heterocycles. The summed E-state index contributed by atoms with van der Waals surface area (Å²) in [4.78, 5) is 10.7. The van der Waals surface area contributed by atoms with Crippen LogP contribution in [0.15, 0.2) is 36.4 Å². The number of urea groups is 1. The number of benzene rings is 2. The highest BCUT2D eigenvalue weighted by Crippen LogP contribution is 2.31. The number of nitrogens with two attached hydrogens (primary N) is 1. The number of primary amides is 1. The van der Waals surface area contributed by atoms with Crippen LogP contribution in [0.4, 0.5) is 16.2 Å². The monoisotopic (exact) mass is 325 g/mol. The average molecular weight is 326 g/mol.